The van der Waals surface area contributed by atoms with Crippen LogP contribution in [0, 0.1) is 5.41 Å². The molecule has 0 aromatic rings. The molecule has 12 heavy (non-hydrogen) atoms. The number of carbonyl (C=O) groups is 1. The van der Waals surface area contributed by atoms with Crippen LogP contribution in [0.5, 0.6) is 0 Å². The molecule has 1 fully saturated rings. The average Bonchev–Trinajstić information content (AvgIpc) is 2.70. The Bertz CT molecular complexity index is 157. The quantitative estimate of drug-likeness (QED) is 0.681. The van der Waals surface area contributed by atoms with Crippen LogP contribution in [0.1, 0.15) is 25.7 Å². The lowest BCUT2D eigenvalue weighted by molar-refractivity contribution is -0.142. The number of hydrogen-bond donors (Lipinski definition) is 1. The average molecular weight is 194 g/mol. The first-order chi connectivity index (χ1) is 5.22. The fraction of sp³-hybridized carbons (Fsp3) is 0.875. The van der Waals surface area contributed by atoms with Gasteiger partial charge in [0.25, 0.3) is 0 Å². The molecule has 0 heterocycles. The highest BCUT2D eigenvalue weighted by Gasteiger charge is 2.43. The first-order valence-corrected chi connectivity index (χ1v) is 3.99. The van der Waals surface area contributed by atoms with E-state index in [1.807, 2.05) is 0 Å². The van der Waals surface area contributed by atoms with Gasteiger partial charge in [0.2, 0.25) is 0 Å². The first kappa shape index (κ1) is 11.7. The molecule has 0 saturated heterocycles. The predicted octanol–water partition coefficient (Wildman–Crippen LogP) is 1.10. The van der Waals surface area contributed by atoms with E-state index in [1.165, 1.54) is 7.11 Å². The van der Waals surface area contributed by atoms with Crippen LogP contribution >= 0.6 is 12.4 Å². The summed E-state index contributed by atoms with van der Waals surface area (Å²) in [6, 6.07) is 0. The van der Waals surface area contributed by atoms with Crippen molar-refractivity contribution in [2.24, 2.45) is 11.1 Å². The van der Waals surface area contributed by atoms with Crippen molar-refractivity contribution >= 4 is 18.4 Å². The van der Waals surface area contributed by atoms with Gasteiger partial charge in [-0.1, -0.05) is 0 Å². The van der Waals surface area contributed by atoms with Crippen molar-refractivity contribution < 1.29 is 9.53 Å². The lowest BCUT2D eigenvalue weighted by Crippen LogP contribution is -2.14. The molecule has 1 rings (SSSR count). The maximum atomic E-state index is 10.9. The summed E-state index contributed by atoms with van der Waals surface area (Å²) < 4.78 is 4.59. The van der Waals surface area contributed by atoms with Gasteiger partial charge in [0.05, 0.1) is 13.5 Å². The highest BCUT2D eigenvalue weighted by atomic mass is 35.5. The Balaban J connectivity index is 0.00000121. The molecular weight excluding hydrogens is 178 g/mol. The van der Waals surface area contributed by atoms with E-state index in [0.717, 1.165) is 19.3 Å². The lowest BCUT2D eigenvalue weighted by atomic mass is 9.98. The van der Waals surface area contributed by atoms with E-state index in [2.05, 4.69) is 4.74 Å². The molecule has 1 aliphatic rings. The van der Waals surface area contributed by atoms with E-state index in [0.29, 0.717) is 13.0 Å². The van der Waals surface area contributed by atoms with Crippen LogP contribution in [-0.4, -0.2) is 19.6 Å². The maximum Gasteiger partial charge on any atom is 0.306 e. The van der Waals surface area contributed by atoms with Crippen LogP contribution in [0.4, 0.5) is 0 Å². The van der Waals surface area contributed by atoms with Crippen LogP contribution in [-0.2, 0) is 9.53 Å². The molecule has 3 nitrogen and oxygen atoms in total. The van der Waals surface area contributed by atoms with Crippen LogP contribution < -0.4 is 5.73 Å². The molecule has 0 aromatic heterocycles. The molecule has 4 heteroatoms. The van der Waals surface area contributed by atoms with Crippen LogP contribution in [0.15, 0.2) is 0 Å². The summed E-state index contributed by atoms with van der Waals surface area (Å²) in [5, 5.41) is 0. The van der Waals surface area contributed by atoms with Gasteiger partial charge in [-0.3, -0.25) is 4.79 Å². The number of carbonyl (C=O) groups excluding carboxylic acids is 1. The number of nitrogens with two attached hydrogens (primary N) is 1. The van der Waals surface area contributed by atoms with Crippen LogP contribution in [0.2, 0.25) is 0 Å². The minimum absolute atomic E-state index is 0. The first-order valence-electron chi connectivity index (χ1n) is 3.99. The Morgan fingerprint density at radius 3 is 2.50 bits per heavy atom. The molecule has 0 amide bonds. The van der Waals surface area contributed by atoms with Gasteiger partial charge in [0.1, 0.15) is 0 Å². The van der Waals surface area contributed by atoms with Gasteiger partial charge >= 0.3 is 5.97 Å². The Morgan fingerprint density at radius 2 is 2.17 bits per heavy atom. The molecule has 0 bridgehead atoms. The third-order valence-corrected chi connectivity index (χ3v) is 2.38. The standard InChI is InChI=1S/C8H15NO2.ClH/c1-11-7(10)6-8(2-3-8)4-5-9;/h2-6,9H2,1H3;1H. The monoisotopic (exact) mass is 193 g/mol. The van der Waals surface area contributed by atoms with E-state index in [1.54, 1.807) is 0 Å². The number of hydrogen-bond acceptors (Lipinski definition) is 3. The normalized spacial score (nSPS) is 17.8. The van der Waals surface area contributed by atoms with Gasteiger partial charge in [0, 0.05) is 0 Å². The van der Waals surface area contributed by atoms with E-state index >= 15 is 0 Å². The third-order valence-electron chi connectivity index (χ3n) is 2.38. The molecule has 0 radical (unpaired) electrons. The molecule has 0 spiro atoms. The summed E-state index contributed by atoms with van der Waals surface area (Å²) >= 11 is 0. The zero-order valence-corrected chi connectivity index (χ0v) is 8.15. The molecule has 2 N–H and O–H groups in total. The van der Waals surface area contributed by atoms with Gasteiger partial charge in [-0.15, -0.1) is 12.4 Å². The fourth-order valence-electron chi connectivity index (χ4n) is 1.38. The third kappa shape index (κ3) is 2.99. The minimum Gasteiger partial charge on any atom is -0.469 e. The largest absolute Gasteiger partial charge is 0.469 e. The summed E-state index contributed by atoms with van der Waals surface area (Å²) in [6.07, 6.45) is 3.79. The number of rotatable bonds is 4. The van der Waals surface area contributed by atoms with Gasteiger partial charge in [-0.05, 0) is 31.2 Å². The van der Waals surface area contributed by atoms with E-state index < -0.39 is 0 Å². The van der Waals surface area contributed by atoms with Gasteiger partial charge in [0.15, 0.2) is 0 Å². The Morgan fingerprint density at radius 1 is 1.58 bits per heavy atom. The zero-order valence-electron chi connectivity index (χ0n) is 7.34. The Labute approximate surface area is 79.1 Å². The fourth-order valence-corrected chi connectivity index (χ4v) is 1.38. The molecule has 72 valence electrons. The van der Waals surface area contributed by atoms with E-state index in [-0.39, 0.29) is 23.8 Å². The summed E-state index contributed by atoms with van der Waals surface area (Å²) in [5.41, 5.74) is 5.64. The minimum atomic E-state index is -0.101. The number of halogens is 1. The van der Waals surface area contributed by atoms with Crippen molar-refractivity contribution in [2.75, 3.05) is 13.7 Å². The van der Waals surface area contributed by atoms with Gasteiger partial charge in [-0.25, -0.2) is 0 Å². The van der Waals surface area contributed by atoms with E-state index in [4.69, 9.17) is 5.73 Å². The summed E-state index contributed by atoms with van der Waals surface area (Å²) in [6.45, 7) is 0.678. The summed E-state index contributed by atoms with van der Waals surface area (Å²) in [7, 11) is 1.43. The SMILES string of the molecule is COC(=O)CC1(CCN)CC1.Cl. The van der Waals surface area contributed by atoms with E-state index in [9.17, 15) is 4.79 Å². The predicted molar refractivity (Wildman–Crippen MR) is 49.2 cm³/mol. The second-order valence-corrected chi connectivity index (χ2v) is 3.29. The molecule has 0 atom stereocenters. The molecular formula is C8H16ClNO2. The molecule has 1 saturated carbocycles. The van der Waals surface area contributed by atoms with Gasteiger partial charge < -0.3 is 10.5 Å². The zero-order chi connectivity index (χ0) is 8.32. The van der Waals surface area contributed by atoms with Crippen molar-refractivity contribution in [1.82, 2.24) is 0 Å². The summed E-state index contributed by atoms with van der Waals surface area (Å²) in [4.78, 5) is 10.9. The highest BCUT2D eigenvalue weighted by molar-refractivity contribution is 5.85. The molecule has 0 aliphatic heterocycles. The van der Waals surface area contributed by atoms with Crippen LogP contribution in [0.3, 0.4) is 0 Å². The number of ether oxygens (including phenoxy) is 1. The van der Waals surface area contributed by atoms with Crippen molar-refractivity contribution in [3.05, 3.63) is 0 Å². The summed E-state index contributed by atoms with van der Waals surface area (Å²) in [5.74, 6) is -0.101. The smallest absolute Gasteiger partial charge is 0.306 e. The maximum absolute atomic E-state index is 10.9. The number of esters is 1. The number of methoxy groups -OCH3 is 1. The van der Waals surface area contributed by atoms with Crippen molar-refractivity contribution in [3.8, 4) is 0 Å². The molecule has 1 aliphatic carbocycles. The van der Waals surface area contributed by atoms with Gasteiger partial charge in [-0.2, -0.15) is 0 Å². The van der Waals surface area contributed by atoms with Crippen molar-refractivity contribution in [2.45, 2.75) is 25.7 Å². The topological polar surface area (TPSA) is 52.3 Å². The highest BCUT2D eigenvalue weighted by Crippen LogP contribution is 2.51. The lowest BCUT2D eigenvalue weighted by Gasteiger charge is -2.10. The molecule has 0 unspecified atom stereocenters. The second-order valence-electron chi connectivity index (χ2n) is 3.29. The van der Waals surface area contributed by atoms with Crippen molar-refractivity contribution in [3.63, 3.8) is 0 Å². The molecule has 0 aromatic carbocycles. The second kappa shape index (κ2) is 4.67. The van der Waals surface area contributed by atoms with Crippen LogP contribution in [0.25, 0.3) is 0 Å². The van der Waals surface area contributed by atoms with Crippen molar-refractivity contribution in [1.29, 1.82) is 0 Å². The Hall–Kier alpha value is -0.280. The Kier molecular flexibility index (Phi) is 4.57.